The molecule has 2 heterocycles. The van der Waals surface area contributed by atoms with Gasteiger partial charge in [0.05, 0.1) is 11.6 Å². The van der Waals surface area contributed by atoms with Crippen molar-refractivity contribution in [3.05, 3.63) is 44.4 Å². The molecule has 0 aromatic carbocycles. The van der Waals surface area contributed by atoms with E-state index in [1.807, 2.05) is 13.0 Å². The Morgan fingerprint density at radius 3 is 2.93 bits per heavy atom. The van der Waals surface area contributed by atoms with Crippen molar-refractivity contribution in [1.29, 1.82) is 0 Å². The Hall–Kier alpha value is -0.870. The molecule has 0 bridgehead atoms. The van der Waals surface area contributed by atoms with Gasteiger partial charge in [0.1, 0.15) is 10.1 Å². The molecule has 2 rings (SSSR count). The van der Waals surface area contributed by atoms with Crippen LogP contribution in [0.2, 0.25) is 0 Å². The van der Waals surface area contributed by atoms with E-state index in [9.17, 15) is 4.79 Å². The normalized spacial score (nSPS) is 10.9. The molecule has 2 aromatic rings. The minimum Gasteiger partial charge on any atom is -0.268 e. The molecule has 0 radical (unpaired) electrons. The number of rotatable bonds is 1. The quantitative estimate of drug-likeness (QED) is 0.755. The molecule has 0 aliphatic heterocycles. The highest BCUT2D eigenvalue weighted by molar-refractivity contribution is 9.10. The van der Waals surface area contributed by atoms with E-state index in [-0.39, 0.29) is 11.4 Å². The van der Waals surface area contributed by atoms with E-state index < -0.39 is 0 Å². The molecule has 2 aromatic heterocycles. The number of halogens is 2. The zero-order chi connectivity index (χ0) is 11.0. The first-order valence-corrected chi connectivity index (χ1v) is 5.69. The Morgan fingerprint density at radius 2 is 2.27 bits per heavy atom. The molecular formula is C10H8BrClN2O. The second-order valence-corrected chi connectivity index (χ2v) is 4.31. The zero-order valence-electron chi connectivity index (χ0n) is 8.00. The summed E-state index contributed by atoms with van der Waals surface area (Å²) in [5.74, 6) is 0.222. The fourth-order valence-corrected chi connectivity index (χ4v) is 2.13. The molecule has 0 aliphatic carbocycles. The van der Waals surface area contributed by atoms with Gasteiger partial charge in [-0.2, -0.15) is 0 Å². The molecule has 0 spiro atoms. The van der Waals surface area contributed by atoms with Crippen LogP contribution >= 0.6 is 27.5 Å². The Balaban J connectivity index is 2.91. The third-order valence-corrected chi connectivity index (χ3v) is 3.16. The van der Waals surface area contributed by atoms with Gasteiger partial charge in [0.2, 0.25) is 0 Å². The van der Waals surface area contributed by atoms with Crippen LogP contribution in [0.15, 0.2) is 27.6 Å². The molecule has 0 fully saturated rings. The minimum atomic E-state index is -0.126. The fourth-order valence-electron chi connectivity index (χ4n) is 1.36. The second kappa shape index (κ2) is 3.94. The highest BCUT2D eigenvalue weighted by Crippen LogP contribution is 2.13. The Bertz CT molecular complexity index is 579. The predicted octanol–water partition coefficient (Wildman–Crippen LogP) is 2.50. The summed E-state index contributed by atoms with van der Waals surface area (Å²) >= 11 is 8.90. The number of fused-ring (bicyclic) bond motifs is 1. The first kappa shape index (κ1) is 10.6. The van der Waals surface area contributed by atoms with Crippen LogP contribution < -0.4 is 5.56 Å². The van der Waals surface area contributed by atoms with E-state index in [0.717, 1.165) is 5.56 Å². The molecule has 3 nitrogen and oxygen atoms in total. The van der Waals surface area contributed by atoms with E-state index in [1.54, 1.807) is 12.3 Å². The smallest absolute Gasteiger partial charge is 0.268 e. The number of alkyl halides is 1. The molecule has 0 unspecified atom stereocenters. The zero-order valence-corrected chi connectivity index (χ0v) is 10.3. The topological polar surface area (TPSA) is 34.4 Å². The molecule has 0 atom stereocenters. The molecule has 15 heavy (non-hydrogen) atoms. The van der Waals surface area contributed by atoms with Crippen LogP contribution in [-0.2, 0) is 5.88 Å². The van der Waals surface area contributed by atoms with Crippen LogP contribution in [0, 0.1) is 6.92 Å². The van der Waals surface area contributed by atoms with Gasteiger partial charge in [0.25, 0.3) is 5.56 Å². The molecule has 5 heteroatoms. The van der Waals surface area contributed by atoms with Gasteiger partial charge in [-0.15, -0.1) is 11.6 Å². The maximum absolute atomic E-state index is 11.9. The average molecular weight is 288 g/mol. The lowest BCUT2D eigenvalue weighted by atomic mass is 10.3. The van der Waals surface area contributed by atoms with Crippen LogP contribution in [0.25, 0.3) is 5.65 Å². The van der Waals surface area contributed by atoms with Gasteiger partial charge >= 0.3 is 0 Å². The van der Waals surface area contributed by atoms with Crippen molar-refractivity contribution in [2.75, 3.05) is 0 Å². The lowest BCUT2D eigenvalue weighted by molar-refractivity contribution is 0.984. The lowest BCUT2D eigenvalue weighted by Gasteiger charge is -2.04. The Labute approximate surface area is 99.8 Å². The Kier molecular flexibility index (Phi) is 2.80. The van der Waals surface area contributed by atoms with Crippen molar-refractivity contribution in [1.82, 2.24) is 9.38 Å². The van der Waals surface area contributed by atoms with Crippen LogP contribution in [0.1, 0.15) is 11.3 Å². The van der Waals surface area contributed by atoms with E-state index in [4.69, 9.17) is 11.6 Å². The summed E-state index contributed by atoms with van der Waals surface area (Å²) in [5, 5.41) is 0. The third kappa shape index (κ3) is 1.79. The van der Waals surface area contributed by atoms with Crippen LogP contribution in [-0.4, -0.2) is 9.38 Å². The SMILES string of the molecule is Cc1ccc2nc(CCl)c(Br)c(=O)n2c1. The molecule has 0 saturated heterocycles. The second-order valence-electron chi connectivity index (χ2n) is 3.25. The first-order valence-electron chi connectivity index (χ1n) is 4.37. The summed E-state index contributed by atoms with van der Waals surface area (Å²) in [4.78, 5) is 16.2. The van der Waals surface area contributed by atoms with E-state index in [2.05, 4.69) is 20.9 Å². The van der Waals surface area contributed by atoms with Crippen molar-refractivity contribution in [3.63, 3.8) is 0 Å². The molecular weight excluding hydrogens is 279 g/mol. The van der Waals surface area contributed by atoms with E-state index in [0.29, 0.717) is 15.8 Å². The van der Waals surface area contributed by atoms with Crippen molar-refractivity contribution in [2.45, 2.75) is 12.8 Å². The van der Waals surface area contributed by atoms with Crippen LogP contribution in [0.5, 0.6) is 0 Å². The molecule has 0 aliphatic rings. The largest absolute Gasteiger partial charge is 0.272 e. The van der Waals surface area contributed by atoms with Crippen LogP contribution in [0.3, 0.4) is 0 Å². The maximum atomic E-state index is 11.9. The van der Waals surface area contributed by atoms with Gasteiger partial charge in [-0.3, -0.25) is 9.20 Å². The van der Waals surface area contributed by atoms with Crippen LogP contribution in [0.4, 0.5) is 0 Å². The van der Waals surface area contributed by atoms with Gasteiger partial charge in [-0.05, 0) is 34.5 Å². The van der Waals surface area contributed by atoms with Crippen molar-refractivity contribution in [2.24, 2.45) is 0 Å². The van der Waals surface area contributed by atoms with Crippen molar-refractivity contribution >= 4 is 33.2 Å². The molecule has 0 N–H and O–H groups in total. The van der Waals surface area contributed by atoms with E-state index >= 15 is 0 Å². The minimum absolute atomic E-state index is 0.126. The molecule has 0 saturated carbocycles. The van der Waals surface area contributed by atoms with Crippen molar-refractivity contribution in [3.8, 4) is 0 Å². The summed E-state index contributed by atoms with van der Waals surface area (Å²) in [5.41, 5.74) is 2.08. The number of hydrogen-bond acceptors (Lipinski definition) is 2. The molecule has 0 amide bonds. The third-order valence-electron chi connectivity index (χ3n) is 2.11. The van der Waals surface area contributed by atoms with Gasteiger partial charge in [0, 0.05) is 6.20 Å². The summed E-state index contributed by atoms with van der Waals surface area (Å²) in [6.07, 6.45) is 1.76. The highest BCUT2D eigenvalue weighted by Gasteiger charge is 2.08. The fraction of sp³-hybridized carbons (Fsp3) is 0.200. The van der Waals surface area contributed by atoms with Gasteiger partial charge in [0.15, 0.2) is 0 Å². The summed E-state index contributed by atoms with van der Waals surface area (Å²) in [7, 11) is 0. The summed E-state index contributed by atoms with van der Waals surface area (Å²) in [6.45, 7) is 1.93. The summed E-state index contributed by atoms with van der Waals surface area (Å²) in [6, 6.07) is 3.72. The van der Waals surface area contributed by atoms with Gasteiger partial charge in [-0.25, -0.2) is 4.98 Å². The number of nitrogens with zero attached hydrogens (tertiary/aromatic N) is 2. The monoisotopic (exact) mass is 286 g/mol. The van der Waals surface area contributed by atoms with Gasteiger partial charge < -0.3 is 0 Å². The van der Waals surface area contributed by atoms with Gasteiger partial charge in [-0.1, -0.05) is 6.07 Å². The lowest BCUT2D eigenvalue weighted by Crippen LogP contribution is -2.17. The standard InChI is InChI=1S/C10H8BrClN2O/c1-6-2-3-8-13-7(4-12)9(11)10(15)14(8)5-6/h2-3,5H,4H2,1H3. The molecule has 78 valence electrons. The number of aromatic nitrogens is 2. The van der Waals surface area contributed by atoms with E-state index in [1.165, 1.54) is 4.40 Å². The number of hydrogen-bond donors (Lipinski definition) is 0. The highest BCUT2D eigenvalue weighted by atomic mass is 79.9. The van der Waals surface area contributed by atoms with Crippen molar-refractivity contribution < 1.29 is 0 Å². The average Bonchev–Trinajstić information content (AvgIpc) is 2.24. The summed E-state index contributed by atoms with van der Waals surface area (Å²) < 4.78 is 1.94. The number of aryl methyl sites for hydroxylation is 1. The predicted molar refractivity (Wildman–Crippen MR) is 63.5 cm³/mol. The maximum Gasteiger partial charge on any atom is 0.272 e. The number of pyridine rings is 1. The first-order chi connectivity index (χ1) is 7.13. The Morgan fingerprint density at radius 1 is 1.53 bits per heavy atom.